The summed E-state index contributed by atoms with van der Waals surface area (Å²) in [6.45, 7) is 0. The maximum absolute atomic E-state index is 12.4. The van der Waals surface area contributed by atoms with Crippen molar-refractivity contribution in [1.29, 1.82) is 0 Å². The Kier molecular flexibility index (Phi) is 4.52. The van der Waals surface area contributed by atoms with Crippen molar-refractivity contribution in [1.82, 2.24) is 10.3 Å². The van der Waals surface area contributed by atoms with E-state index < -0.39 is 17.9 Å². The molecular formula is C19H16N2O3. The number of nitrogens with one attached hydrogen (secondary N) is 1. The van der Waals surface area contributed by atoms with Crippen molar-refractivity contribution < 1.29 is 14.7 Å². The lowest BCUT2D eigenvalue weighted by Gasteiger charge is -2.14. The van der Waals surface area contributed by atoms with E-state index in [-0.39, 0.29) is 12.1 Å². The Balaban J connectivity index is 1.78. The van der Waals surface area contributed by atoms with Gasteiger partial charge in [0.1, 0.15) is 11.7 Å². The van der Waals surface area contributed by atoms with Gasteiger partial charge < -0.3 is 10.4 Å². The third-order valence-corrected chi connectivity index (χ3v) is 3.72. The highest BCUT2D eigenvalue weighted by Crippen LogP contribution is 2.12. The van der Waals surface area contributed by atoms with Crippen molar-refractivity contribution in [2.75, 3.05) is 0 Å². The molecule has 0 saturated heterocycles. The number of rotatable bonds is 5. The van der Waals surface area contributed by atoms with Gasteiger partial charge in [-0.1, -0.05) is 54.6 Å². The van der Waals surface area contributed by atoms with Crippen LogP contribution in [0.5, 0.6) is 0 Å². The Bertz CT molecular complexity index is 878. The number of amides is 1. The van der Waals surface area contributed by atoms with Gasteiger partial charge >= 0.3 is 5.97 Å². The predicted molar refractivity (Wildman–Crippen MR) is 90.8 cm³/mol. The molecular weight excluding hydrogens is 304 g/mol. The van der Waals surface area contributed by atoms with E-state index in [0.717, 1.165) is 10.9 Å². The third-order valence-electron chi connectivity index (χ3n) is 3.72. The van der Waals surface area contributed by atoms with Gasteiger partial charge in [0.2, 0.25) is 0 Å². The van der Waals surface area contributed by atoms with Gasteiger partial charge in [-0.25, -0.2) is 9.78 Å². The number of aliphatic carboxylic acids is 1. The van der Waals surface area contributed by atoms with E-state index in [1.807, 2.05) is 54.6 Å². The molecule has 5 heteroatoms. The highest BCUT2D eigenvalue weighted by Gasteiger charge is 2.21. The number of fused-ring (bicyclic) bond motifs is 1. The first-order chi connectivity index (χ1) is 11.6. The molecule has 0 fully saturated rings. The van der Waals surface area contributed by atoms with E-state index in [0.29, 0.717) is 5.52 Å². The number of carbonyl (C=O) groups excluding carboxylic acids is 1. The summed E-state index contributed by atoms with van der Waals surface area (Å²) in [5, 5.41) is 12.8. The number of carbonyl (C=O) groups is 2. The summed E-state index contributed by atoms with van der Waals surface area (Å²) in [6.07, 6.45) is 0.218. The van der Waals surface area contributed by atoms with Crippen LogP contribution in [-0.2, 0) is 11.2 Å². The van der Waals surface area contributed by atoms with Crippen LogP contribution in [0.4, 0.5) is 0 Å². The normalized spacial score (nSPS) is 11.8. The second-order valence-corrected chi connectivity index (χ2v) is 5.44. The number of hydrogen-bond acceptors (Lipinski definition) is 3. The minimum Gasteiger partial charge on any atom is -0.480 e. The van der Waals surface area contributed by atoms with Crippen LogP contribution in [0.3, 0.4) is 0 Å². The summed E-state index contributed by atoms with van der Waals surface area (Å²) in [4.78, 5) is 28.1. The fourth-order valence-electron chi connectivity index (χ4n) is 2.47. The molecule has 0 aliphatic carbocycles. The molecule has 1 amide bonds. The van der Waals surface area contributed by atoms with E-state index in [1.54, 1.807) is 12.1 Å². The molecule has 0 saturated carbocycles. The first-order valence-corrected chi connectivity index (χ1v) is 7.57. The third kappa shape index (κ3) is 3.57. The second-order valence-electron chi connectivity index (χ2n) is 5.44. The molecule has 0 aliphatic heterocycles. The molecule has 0 radical (unpaired) electrons. The Morgan fingerprint density at radius 3 is 2.42 bits per heavy atom. The van der Waals surface area contributed by atoms with Gasteiger partial charge in [0.25, 0.3) is 5.91 Å². The summed E-state index contributed by atoms with van der Waals surface area (Å²) < 4.78 is 0. The standard InChI is InChI=1S/C19H16N2O3/c22-18(16-11-10-14-8-4-5-9-15(14)20-16)21-17(19(23)24)12-13-6-2-1-3-7-13/h1-11,17H,12H2,(H,21,22)(H,23,24). The lowest BCUT2D eigenvalue weighted by Crippen LogP contribution is -2.42. The van der Waals surface area contributed by atoms with Crippen molar-refractivity contribution in [3.8, 4) is 0 Å². The van der Waals surface area contributed by atoms with Crippen molar-refractivity contribution >= 4 is 22.8 Å². The molecule has 24 heavy (non-hydrogen) atoms. The van der Waals surface area contributed by atoms with E-state index in [4.69, 9.17) is 0 Å². The molecule has 1 unspecified atom stereocenters. The highest BCUT2D eigenvalue weighted by atomic mass is 16.4. The van der Waals surface area contributed by atoms with Gasteiger partial charge in [0.15, 0.2) is 0 Å². The first-order valence-electron chi connectivity index (χ1n) is 7.57. The largest absolute Gasteiger partial charge is 0.480 e. The monoisotopic (exact) mass is 320 g/mol. The molecule has 2 N–H and O–H groups in total. The highest BCUT2D eigenvalue weighted by molar-refractivity contribution is 5.97. The number of pyridine rings is 1. The lowest BCUT2D eigenvalue weighted by molar-refractivity contribution is -0.139. The van der Waals surface area contributed by atoms with E-state index in [9.17, 15) is 14.7 Å². The minimum absolute atomic E-state index is 0.202. The molecule has 0 spiro atoms. The molecule has 5 nitrogen and oxygen atoms in total. The fourth-order valence-corrected chi connectivity index (χ4v) is 2.47. The molecule has 1 atom stereocenters. The van der Waals surface area contributed by atoms with Crippen LogP contribution in [0.1, 0.15) is 16.1 Å². The fraction of sp³-hybridized carbons (Fsp3) is 0.105. The van der Waals surface area contributed by atoms with E-state index in [1.165, 1.54) is 0 Å². The average molecular weight is 320 g/mol. The molecule has 120 valence electrons. The van der Waals surface area contributed by atoms with Crippen LogP contribution >= 0.6 is 0 Å². The maximum Gasteiger partial charge on any atom is 0.326 e. The van der Waals surface area contributed by atoms with Gasteiger partial charge in [-0.15, -0.1) is 0 Å². The zero-order valence-electron chi connectivity index (χ0n) is 12.8. The maximum atomic E-state index is 12.4. The molecule has 1 heterocycles. The quantitative estimate of drug-likeness (QED) is 0.757. The summed E-state index contributed by atoms with van der Waals surface area (Å²) >= 11 is 0. The number of aromatic nitrogens is 1. The van der Waals surface area contributed by atoms with Gasteiger partial charge in [-0.05, 0) is 17.7 Å². The summed E-state index contributed by atoms with van der Waals surface area (Å²) in [7, 11) is 0. The Hall–Kier alpha value is -3.21. The Morgan fingerprint density at radius 1 is 0.958 bits per heavy atom. The van der Waals surface area contributed by atoms with Crippen LogP contribution in [0.2, 0.25) is 0 Å². The smallest absolute Gasteiger partial charge is 0.326 e. The second kappa shape index (κ2) is 6.91. The van der Waals surface area contributed by atoms with Gasteiger partial charge in [0, 0.05) is 11.8 Å². The molecule has 3 aromatic rings. The summed E-state index contributed by atoms with van der Waals surface area (Å²) in [5.41, 5.74) is 1.74. The SMILES string of the molecule is O=C(NC(Cc1ccccc1)C(=O)O)c1ccc2ccccc2n1. The molecule has 3 rings (SSSR count). The van der Waals surface area contributed by atoms with Crippen molar-refractivity contribution in [3.05, 3.63) is 78.0 Å². The van der Waals surface area contributed by atoms with Gasteiger partial charge in [-0.2, -0.15) is 0 Å². The zero-order chi connectivity index (χ0) is 16.9. The van der Waals surface area contributed by atoms with E-state index in [2.05, 4.69) is 10.3 Å². The molecule has 1 aromatic heterocycles. The van der Waals surface area contributed by atoms with Crippen LogP contribution in [0, 0.1) is 0 Å². The number of nitrogens with zero attached hydrogens (tertiary/aromatic N) is 1. The van der Waals surface area contributed by atoms with Crippen LogP contribution in [0.15, 0.2) is 66.7 Å². The molecule has 0 aliphatic rings. The lowest BCUT2D eigenvalue weighted by atomic mass is 10.1. The number of benzene rings is 2. The summed E-state index contributed by atoms with van der Waals surface area (Å²) in [5.74, 6) is -1.57. The summed E-state index contributed by atoms with van der Waals surface area (Å²) in [6, 6.07) is 19.0. The topological polar surface area (TPSA) is 79.3 Å². The van der Waals surface area contributed by atoms with Crippen LogP contribution < -0.4 is 5.32 Å². The number of para-hydroxylation sites is 1. The Labute approximate surface area is 139 Å². The average Bonchev–Trinajstić information content (AvgIpc) is 2.61. The Morgan fingerprint density at radius 2 is 1.67 bits per heavy atom. The predicted octanol–water partition coefficient (Wildman–Crippen LogP) is 2.66. The van der Waals surface area contributed by atoms with Crippen LogP contribution in [-0.4, -0.2) is 28.0 Å². The van der Waals surface area contributed by atoms with Crippen molar-refractivity contribution in [2.24, 2.45) is 0 Å². The van der Waals surface area contributed by atoms with Crippen LogP contribution in [0.25, 0.3) is 10.9 Å². The first kappa shape index (κ1) is 15.7. The number of carboxylic acid groups (broad SMARTS) is 1. The zero-order valence-corrected chi connectivity index (χ0v) is 12.8. The number of carboxylic acids is 1. The van der Waals surface area contributed by atoms with E-state index >= 15 is 0 Å². The van der Waals surface area contributed by atoms with Gasteiger partial charge in [0.05, 0.1) is 5.52 Å². The van der Waals surface area contributed by atoms with Crippen molar-refractivity contribution in [3.63, 3.8) is 0 Å². The number of hydrogen-bond donors (Lipinski definition) is 2. The molecule has 0 bridgehead atoms. The minimum atomic E-state index is -1.08. The van der Waals surface area contributed by atoms with Crippen molar-refractivity contribution in [2.45, 2.75) is 12.5 Å². The van der Waals surface area contributed by atoms with Gasteiger partial charge in [-0.3, -0.25) is 4.79 Å². The molecule has 2 aromatic carbocycles.